The molecule has 0 spiro atoms. The van der Waals surface area contributed by atoms with Crippen LogP contribution < -0.4 is 0 Å². The minimum atomic E-state index is 0.604. The number of pyridine rings is 1. The first-order chi connectivity index (χ1) is 9.65. The van der Waals surface area contributed by atoms with Gasteiger partial charge in [0.2, 0.25) is 0 Å². The first-order valence-corrected chi connectivity index (χ1v) is 6.83. The number of hydrogen-bond acceptors (Lipinski definition) is 2. The Balaban J connectivity index is 2.20. The Morgan fingerprint density at radius 2 is 1.75 bits per heavy atom. The molecule has 0 aliphatic carbocycles. The highest BCUT2D eigenvalue weighted by Gasteiger charge is 2.12. The maximum atomic E-state index is 6.29. The van der Waals surface area contributed by atoms with Crippen molar-refractivity contribution in [3.8, 4) is 16.9 Å². The van der Waals surface area contributed by atoms with Crippen LogP contribution in [0.4, 0.5) is 0 Å². The SMILES string of the molecule is Cc1cc(-c2ccc(Cl)cc2Cl)n(-c2ccncc2)n1. The van der Waals surface area contributed by atoms with Crippen molar-refractivity contribution in [1.29, 1.82) is 0 Å². The van der Waals surface area contributed by atoms with Gasteiger partial charge >= 0.3 is 0 Å². The highest BCUT2D eigenvalue weighted by atomic mass is 35.5. The summed E-state index contributed by atoms with van der Waals surface area (Å²) in [5.74, 6) is 0. The van der Waals surface area contributed by atoms with E-state index >= 15 is 0 Å². The van der Waals surface area contributed by atoms with Crippen LogP contribution in [-0.2, 0) is 0 Å². The lowest BCUT2D eigenvalue weighted by molar-refractivity contribution is 0.867. The lowest BCUT2D eigenvalue weighted by atomic mass is 10.1. The number of aromatic nitrogens is 3. The molecule has 0 fully saturated rings. The van der Waals surface area contributed by atoms with Crippen LogP contribution in [0.3, 0.4) is 0 Å². The van der Waals surface area contributed by atoms with Crippen LogP contribution in [-0.4, -0.2) is 14.8 Å². The van der Waals surface area contributed by atoms with Crippen molar-refractivity contribution in [2.45, 2.75) is 6.92 Å². The third-order valence-electron chi connectivity index (χ3n) is 2.95. The summed E-state index contributed by atoms with van der Waals surface area (Å²) in [6.45, 7) is 1.95. The number of aryl methyl sites for hydroxylation is 1. The second kappa shape index (κ2) is 5.27. The number of nitrogens with zero attached hydrogens (tertiary/aromatic N) is 3. The first-order valence-electron chi connectivity index (χ1n) is 6.07. The molecule has 2 aromatic heterocycles. The number of halogens is 2. The number of benzene rings is 1. The molecule has 3 rings (SSSR count). The van der Waals surface area contributed by atoms with E-state index in [0.29, 0.717) is 10.0 Å². The Morgan fingerprint density at radius 3 is 2.45 bits per heavy atom. The van der Waals surface area contributed by atoms with E-state index < -0.39 is 0 Å². The van der Waals surface area contributed by atoms with E-state index in [1.165, 1.54) is 0 Å². The summed E-state index contributed by atoms with van der Waals surface area (Å²) >= 11 is 12.2. The minimum Gasteiger partial charge on any atom is -0.265 e. The van der Waals surface area contributed by atoms with Crippen LogP contribution in [0.5, 0.6) is 0 Å². The van der Waals surface area contributed by atoms with Crippen LogP contribution in [0.15, 0.2) is 48.8 Å². The van der Waals surface area contributed by atoms with E-state index in [4.69, 9.17) is 23.2 Å². The summed E-state index contributed by atoms with van der Waals surface area (Å²) in [5.41, 5.74) is 3.68. The monoisotopic (exact) mass is 303 g/mol. The van der Waals surface area contributed by atoms with Gasteiger partial charge in [0.25, 0.3) is 0 Å². The third-order valence-corrected chi connectivity index (χ3v) is 3.49. The fraction of sp³-hybridized carbons (Fsp3) is 0.0667. The highest BCUT2D eigenvalue weighted by Crippen LogP contribution is 2.32. The van der Waals surface area contributed by atoms with Gasteiger partial charge in [-0.25, -0.2) is 4.68 Å². The number of hydrogen-bond donors (Lipinski definition) is 0. The zero-order chi connectivity index (χ0) is 14.1. The van der Waals surface area contributed by atoms with Crippen LogP contribution in [0.25, 0.3) is 16.9 Å². The highest BCUT2D eigenvalue weighted by molar-refractivity contribution is 6.36. The maximum absolute atomic E-state index is 6.29. The molecule has 0 atom stereocenters. The molecule has 100 valence electrons. The van der Waals surface area contributed by atoms with Crippen molar-refractivity contribution in [3.63, 3.8) is 0 Å². The minimum absolute atomic E-state index is 0.604. The molecule has 3 nitrogen and oxygen atoms in total. The topological polar surface area (TPSA) is 30.7 Å². The van der Waals surface area contributed by atoms with Crippen molar-refractivity contribution in [3.05, 3.63) is 64.5 Å². The van der Waals surface area contributed by atoms with Gasteiger partial charge in [-0.05, 0) is 43.3 Å². The van der Waals surface area contributed by atoms with Gasteiger partial charge in [0, 0.05) is 23.0 Å². The van der Waals surface area contributed by atoms with Crippen LogP contribution >= 0.6 is 23.2 Å². The van der Waals surface area contributed by atoms with E-state index in [2.05, 4.69) is 10.1 Å². The van der Waals surface area contributed by atoms with Gasteiger partial charge in [-0.3, -0.25) is 4.98 Å². The van der Waals surface area contributed by atoms with Gasteiger partial charge in [-0.1, -0.05) is 23.2 Å². The average Bonchev–Trinajstić information content (AvgIpc) is 2.81. The molecule has 2 heterocycles. The summed E-state index contributed by atoms with van der Waals surface area (Å²) < 4.78 is 1.85. The van der Waals surface area contributed by atoms with E-state index in [9.17, 15) is 0 Å². The van der Waals surface area contributed by atoms with Gasteiger partial charge < -0.3 is 0 Å². The van der Waals surface area contributed by atoms with Crippen LogP contribution in [0.2, 0.25) is 10.0 Å². The van der Waals surface area contributed by atoms with E-state index in [1.54, 1.807) is 18.5 Å². The van der Waals surface area contributed by atoms with Gasteiger partial charge in [0.05, 0.1) is 22.1 Å². The average molecular weight is 304 g/mol. The molecule has 0 radical (unpaired) electrons. The third kappa shape index (κ3) is 2.42. The molecule has 0 aliphatic heterocycles. The van der Waals surface area contributed by atoms with Crippen molar-refractivity contribution < 1.29 is 0 Å². The standard InChI is InChI=1S/C15H11Cl2N3/c1-10-8-15(13-3-2-11(16)9-14(13)17)20(19-10)12-4-6-18-7-5-12/h2-9H,1H3. The number of rotatable bonds is 2. The summed E-state index contributed by atoms with van der Waals surface area (Å²) in [6, 6.07) is 11.3. The molecular weight excluding hydrogens is 293 g/mol. The van der Waals surface area contributed by atoms with Gasteiger partial charge in [-0.15, -0.1) is 0 Å². The molecular formula is C15H11Cl2N3. The molecule has 0 amide bonds. The second-order valence-electron chi connectivity index (χ2n) is 4.41. The predicted octanol–water partition coefficient (Wildman–Crippen LogP) is 4.55. The fourth-order valence-electron chi connectivity index (χ4n) is 2.07. The van der Waals surface area contributed by atoms with Gasteiger partial charge in [-0.2, -0.15) is 5.10 Å². The molecule has 3 aromatic rings. The van der Waals surface area contributed by atoms with Gasteiger partial charge in [0.1, 0.15) is 0 Å². The van der Waals surface area contributed by atoms with Crippen molar-refractivity contribution in [2.24, 2.45) is 0 Å². The second-order valence-corrected chi connectivity index (χ2v) is 5.26. The summed E-state index contributed by atoms with van der Waals surface area (Å²) in [4.78, 5) is 4.02. The lowest BCUT2D eigenvalue weighted by Crippen LogP contribution is -1.99. The van der Waals surface area contributed by atoms with Crippen molar-refractivity contribution >= 4 is 23.2 Å². The molecule has 0 saturated heterocycles. The quantitative estimate of drug-likeness (QED) is 0.695. The Bertz CT molecular complexity index is 751. The Kier molecular flexibility index (Phi) is 3.47. The normalized spacial score (nSPS) is 10.8. The largest absolute Gasteiger partial charge is 0.265 e. The molecule has 0 bridgehead atoms. The van der Waals surface area contributed by atoms with E-state index in [0.717, 1.165) is 22.6 Å². The molecule has 5 heteroatoms. The van der Waals surface area contributed by atoms with Crippen LogP contribution in [0, 0.1) is 6.92 Å². The molecule has 20 heavy (non-hydrogen) atoms. The molecule has 0 unspecified atom stereocenters. The van der Waals surface area contributed by atoms with Gasteiger partial charge in [0.15, 0.2) is 0 Å². The summed E-state index contributed by atoms with van der Waals surface area (Å²) in [7, 11) is 0. The van der Waals surface area contributed by atoms with Crippen molar-refractivity contribution in [2.75, 3.05) is 0 Å². The Hall–Kier alpha value is -1.84. The predicted molar refractivity (Wildman–Crippen MR) is 81.6 cm³/mol. The zero-order valence-corrected chi connectivity index (χ0v) is 12.2. The zero-order valence-electron chi connectivity index (χ0n) is 10.7. The van der Waals surface area contributed by atoms with E-state index in [1.807, 2.05) is 41.9 Å². The van der Waals surface area contributed by atoms with Crippen molar-refractivity contribution in [1.82, 2.24) is 14.8 Å². The summed E-state index contributed by atoms with van der Waals surface area (Å²) in [6.07, 6.45) is 3.47. The smallest absolute Gasteiger partial charge is 0.0758 e. The lowest BCUT2D eigenvalue weighted by Gasteiger charge is -2.09. The molecule has 1 aromatic carbocycles. The Labute approximate surface area is 126 Å². The first kappa shape index (κ1) is 13.2. The summed E-state index contributed by atoms with van der Waals surface area (Å²) in [5, 5.41) is 5.74. The molecule has 0 aliphatic rings. The van der Waals surface area contributed by atoms with E-state index in [-0.39, 0.29) is 0 Å². The van der Waals surface area contributed by atoms with Crippen LogP contribution in [0.1, 0.15) is 5.69 Å². The molecule has 0 saturated carbocycles. The Morgan fingerprint density at radius 1 is 1.00 bits per heavy atom. The maximum Gasteiger partial charge on any atom is 0.0758 e. The molecule has 0 N–H and O–H groups in total. The fourth-order valence-corrected chi connectivity index (χ4v) is 2.58.